The van der Waals surface area contributed by atoms with E-state index in [1.54, 1.807) is 6.07 Å². The lowest BCUT2D eigenvalue weighted by atomic mass is 9.50. The van der Waals surface area contributed by atoms with Crippen molar-refractivity contribution in [2.24, 2.45) is 11.3 Å². The van der Waals surface area contributed by atoms with E-state index in [1.165, 1.54) is 0 Å². The van der Waals surface area contributed by atoms with Gasteiger partial charge in [0.25, 0.3) is 0 Å². The molecular formula is C18H24O4. The number of aliphatic carboxylic acids is 1. The highest BCUT2D eigenvalue weighted by Gasteiger charge is 2.55. The second-order valence-electron chi connectivity index (χ2n) is 7.38. The van der Waals surface area contributed by atoms with Crippen molar-refractivity contribution in [2.45, 2.75) is 58.0 Å². The summed E-state index contributed by atoms with van der Waals surface area (Å²) in [5.41, 5.74) is 1.86. The topological polar surface area (TPSA) is 77.8 Å². The zero-order valence-electron chi connectivity index (χ0n) is 13.2. The first kappa shape index (κ1) is 15.3. The molecule has 1 aromatic carbocycles. The summed E-state index contributed by atoms with van der Waals surface area (Å²) in [6, 6.07) is 3.65. The van der Waals surface area contributed by atoms with Crippen LogP contribution in [0.15, 0.2) is 12.1 Å². The van der Waals surface area contributed by atoms with Crippen LogP contribution < -0.4 is 0 Å². The molecule has 0 aliphatic heterocycles. The minimum Gasteiger partial charge on any atom is -0.508 e. The summed E-state index contributed by atoms with van der Waals surface area (Å²) in [4.78, 5) is 11.9. The standard InChI is InChI=1S/C18H24O4/c1-17-6-3-7-18(2,16(21)22)15(17)5-4-11-8-12(10-19)14(20)9-13(11)17/h8-9,15,19-20H,3-7,10H2,1-2H3,(H,21,22)/t15-,17-,18?/m1/s1. The Kier molecular flexibility index (Phi) is 3.48. The second kappa shape index (κ2) is 4.98. The van der Waals surface area contributed by atoms with Crippen molar-refractivity contribution in [3.63, 3.8) is 0 Å². The number of phenols is 1. The van der Waals surface area contributed by atoms with Crippen LogP contribution in [0, 0.1) is 11.3 Å². The number of rotatable bonds is 2. The average Bonchev–Trinajstić information content (AvgIpc) is 2.47. The first-order chi connectivity index (χ1) is 10.3. The highest BCUT2D eigenvalue weighted by Crippen LogP contribution is 2.57. The molecule has 0 bridgehead atoms. The monoisotopic (exact) mass is 304 g/mol. The van der Waals surface area contributed by atoms with E-state index in [-0.39, 0.29) is 23.7 Å². The van der Waals surface area contributed by atoms with E-state index in [1.807, 2.05) is 13.0 Å². The predicted octanol–water partition coefficient (Wildman–Crippen LogP) is 2.98. The molecule has 0 radical (unpaired) electrons. The van der Waals surface area contributed by atoms with Crippen LogP contribution in [0.25, 0.3) is 0 Å². The first-order valence-corrected chi connectivity index (χ1v) is 8.02. The predicted molar refractivity (Wildman–Crippen MR) is 82.8 cm³/mol. The Morgan fingerprint density at radius 3 is 2.68 bits per heavy atom. The maximum atomic E-state index is 11.9. The van der Waals surface area contributed by atoms with E-state index >= 15 is 0 Å². The van der Waals surface area contributed by atoms with Gasteiger partial charge in [0.1, 0.15) is 5.75 Å². The number of carboxylic acids is 1. The van der Waals surface area contributed by atoms with Crippen LogP contribution in [0.4, 0.5) is 0 Å². The quantitative estimate of drug-likeness (QED) is 0.785. The molecule has 22 heavy (non-hydrogen) atoms. The zero-order valence-corrected chi connectivity index (χ0v) is 13.2. The molecule has 1 saturated carbocycles. The fourth-order valence-electron chi connectivity index (χ4n) is 4.94. The van der Waals surface area contributed by atoms with Crippen LogP contribution in [-0.2, 0) is 23.2 Å². The minimum atomic E-state index is -0.705. The van der Waals surface area contributed by atoms with Crippen LogP contribution in [0.5, 0.6) is 5.75 Å². The molecule has 2 aliphatic carbocycles. The molecule has 120 valence electrons. The lowest BCUT2D eigenvalue weighted by Gasteiger charge is -2.53. The van der Waals surface area contributed by atoms with E-state index in [0.29, 0.717) is 5.56 Å². The summed E-state index contributed by atoms with van der Waals surface area (Å²) >= 11 is 0. The van der Waals surface area contributed by atoms with E-state index < -0.39 is 11.4 Å². The molecule has 0 saturated heterocycles. The van der Waals surface area contributed by atoms with Gasteiger partial charge in [-0.2, -0.15) is 0 Å². The van der Waals surface area contributed by atoms with Gasteiger partial charge in [-0.15, -0.1) is 0 Å². The van der Waals surface area contributed by atoms with Crippen LogP contribution in [-0.4, -0.2) is 21.3 Å². The summed E-state index contributed by atoms with van der Waals surface area (Å²) in [5.74, 6) is -0.507. The largest absolute Gasteiger partial charge is 0.508 e. The maximum absolute atomic E-state index is 11.9. The van der Waals surface area contributed by atoms with Crippen LogP contribution in [0.1, 0.15) is 56.2 Å². The molecule has 3 atom stereocenters. The number of hydrogen-bond acceptors (Lipinski definition) is 3. The number of fused-ring (bicyclic) bond motifs is 3. The fraction of sp³-hybridized carbons (Fsp3) is 0.611. The van der Waals surface area contributed by atoms with Gasteiger partial charge in [-0.25, -0.2) is 0 Å². The normalized spacial score (nSPS) is 33.9. The molecule has 1 aromatic rings. The van der Waals surface area contributed by atoms with Gasteiger partial charge >= 0.3 is 5.97 Å². The lowest BCUT2D eigenvalue weighted by molar-refractivity contribution is -0.157. The number of benzene rings is 1. The summed E-state index contributed by atoms with van der Waals surface area (Å²) in [6.07, 6.45) is 4.22. The maximum Gasteiger partial charge on any atom is 0.309 e. The number of aliphatic hydroxyl groups excluding tert-OH is 1. The Bertz CT molecular complexity index is 624. The molecule has 0 spiro atoms. The van der Waals surface area contributed by atoms with Crippen molar-refractivity contribution in [1.82, 2.24) is 0 Å². The van der Waals surface area contributed by atoms with Crippen molar-refractivity contribution in [2.75, 3.05) is 0 Å². The van der Waals surface area contributed by atoms with Gasteiger partial charge in [-0.3, -0.25) is 4.79 Å². The van der Waals surface area contributed by atoms with E-state index in [2.05, 4.69) is 6.92 Å². The van der Waals surface area contributed by atoms with Gasteiger partial charge in [0.05, 0.1) is 12.0 Å². The summed E-state index contributed by atoms with van der Waals surface area (Å²) in [7, 11) is 0. The number of hydrogen-bond donors (Lipinski definition) is 3. The summed E-state index contributed by atoms with van der Waals surface area (Å²) in [6.45, 7) is 3.85. The Morgan fingerprint density at radius 2 is 2.05 bits per heavy atom. The lowest BCUT2D eigenvalue weighted by Crippen LogP contribution is -2.52. The molecule has 2 aliphatic rings. The van der Waals surface area contributed by atoms with Crippen LogP contribution in [0.2, 0.25) is 0 Å². The SMILES string of the molecule is CC1(C(=O)O)CCC[C@]2(C)c3cc(O)c(CO)cc3CC[C@@H]12. The van der Waals surface area contributed by atoms with E-state index in [4.69, 9.17) is 0 Å². The third-order valence-electron chi connectivity index (χ3n) is 6.21. The molecule has 0 aromatic heterocycles. The third kappa shape index (κ3) is 1.97. The molecular weight excluding hydrogens is 280 g/mol. The number of aryl methyl sites for hydroxylation is 1. The van der Waals surface area contributed by atoms with Crippen molar-refractivity contribution in [3.8, 4) is 5.75 Å². The number of carboxylic acid groups (broad SMARTS) is 1. The van der Waals surface area contributed by atoms with Crippen LogP contribution >= 0.6 is 0 Å². The zero-order chi connectivity index (χ0) is 16.1. The van der Waals surface area contributed by atoms with Crippen LogP contribution in [0.3, 0.4) is 0 Å². The molecule has 1 unspecified atom stereocenters. The molecule has 4 nitrogen and oxygen atoms in total. The second-order valence-corrected chi connectivity index (χ2v) is 7.38. The highest BCUT2D eigenvalue weighted by atomic mass is 16.4. The molecule has 1 fully saturated rings. The molecule has 3 rings (SSSR count). The first-order valence-electron chi connectivity index (χ1n) is 8.02. The Morgan fingerprint density at radius 1 is 1.32 bits per heavy atom. The van der Waals surface area contributed by atoms with E-state index in [9.17, 15) is 20.1 Å². The van der Waals surface area contributed by atoms with Crippen molar-refractivity contribution >= 4 is 5.97 Å². The van der Waals surface area contributed by atoms with Crippen molar-refractivity contribution in [3.05, 3.63) is 28.8 Å². The molecule has 0 heterocycles. The van der Waals surface area contributed by atoms with Gasteiger partial charge < -0.3 is 15.3 Å². The Labute approximate surface area is 130 Å². The van der Waals surface area contributed by atoms with Crippen molar-refractivity contribution in [1.29, 1.82) is 0 Å². The number of aliphatic hydroxyl groups is 1. The van der Waals surface area contributed by atoms with E-state index in [0.717, 1.165) is 43.2 Å². The number of carbonyl (C=O) groups is 1. The minimum absolute atomic E-state index is 0.0816. The highest BCUT2D eigenvalue weighted by molar-refractivity contribution is 5.75. The van der Waals surface area contributed by atoms with Crippen molar-refractivity contribution < 1.29 is 20.1 Å². The Balaban J connectivity index is 2.13. The smallest absolute Gasteiger partial charge is 0.309 e. The third-order valence-corrected chi connectivity index (χ3v) is 6.21. The molecule has 4 heteroatoms. The average molecular weight is 304 g/mol. The van der Waals surface area contributed by atoms with Gasteiger partial charge in [-0.05, 0) is 67.2 Å². The summed E-state index contributed by atoms with van der Waals surface area (Å²) in [5, 5.41) is 29.2. The van der Waals surface area contributed by atoms with Gasteiger partial charge in [0.2, 0.25) is 0 Å². The molecule has 0 amide bonds. The summed E-state index contributed by atoms with van der Waals surface area (Å²) < 4.78 is 0. The fourth-order valence-corrected chi connectivity index (χ4v) is 4.94. The van der Waals surface area contributed by atoms with Gasteiger partial charge in [-0.1, -0.05) is 13.3 Å². The van der Waals surface area contributed by atoms with Gasteiger partial charge in [0, 0.05) is 5.56 Å². The molecule has 3 N–H and O–H groups in total. The Hall–Kier alpha value is -1.55. The number of aromatic hydroxyl groups is 1. The van der Waals surface area contributed by atoms with Gasteiger partial charge in [0.15, 0.2) is 0 Å².